The molecule has 0 aromatic rings. The van der Waals surface area contributed by atoms with Crippen LogP contribution in [0.2, 0.25) is 0 Å². The van der Waals surface area contributed by atoms with Crippen molar-refractivity contribution >= 4 is 10.1 Å². The predicted octanol–water partition coefficient (Wildman–Crippen LogP) is 2.51. The minimum atomic E-state index is -4.66. The third kappa shape index (κ3) is 14.6. The summed E-state index contributed by atoms with van der Waals surface area (Å²) < 4.78 is 34.3. The summed E-state index contributed by atoms with van der Waals surface area (Å²) in [5, 5.41) is 10.3. The second-order valence-corrected chi connectivity index (χ2v) is 8.81. The summed E-state index contributed by atoms with van der Waals surface area (Å²) in [6.07, 6.45) is 15.0. The number of unbranched alkanes of at least 4 members (excludes halogenated alkanes) is 12. The Kier molecular flexibility index (Phi) is 19.1. The van der Waals surface area contributed by atoms with Crippen molar-refractivity contribution in [2.24, 2.45) is 0 Å². The van der Waals surface area contributed by atoms with Crippen LogP contribution in [-0.4, -0.2) is 23.0 Å². The third-order valence-electron chi connectivity index (χ3n) is 4.81. The molecular weight excluding hydrogens is 347 g/mol. The van der Waals surface area contributed by atoms with Crippen LogP contribution in [0, 0.1) is 0 Å². The molecular formula is C19H39NaO4S. The maximum absolute atomic E-state index is 11.4. The van der Waals surface area contributed by atoms with Crippen molar-refractivity contribution in [3.8, 4) is 0 Å². The minimum Gasteiger partial charge on any atom is -0.746 e. The van der Waals surface area contributed by atoms with E-state index in [9.17, 15) is 18.1 Å². The zero-order valence-corrected chi connectivity index (χ0v) is 19.7. The maximum atomic E-state index is 11.4. The predicted molar refractivity (Wildman–Crippen MR) is 99.9 cm³/mol. The average Bonchev–Trinajstić information content (AvgIpc) is 2.52. The van der Waals surface area contributed by atoms with Gasteiger partial charge in [-0.3, -0.25) is 0 Å². The fraction of sp³-hybridized carbons (Fsp3) is 1.00. The molecule has 0 aliphatic heterocycles. The van der Waals surface area contributed by atoms with E-state index in [4.69, 9.17) is 0 Å². The molecule has 1 unspecified atom stereocenters. The maximum Gasteiger partial charge on any atom is 1.00 e. The second-order valence-electron chi connectivity index (χ2n) is 7.14. The zero-order valence-electron chi connectivity index (χ0n) is 16.9. The first-order chi connectivity index (χ1) is 11.4. The van der Waals surface area contributed by atoms with Crippen LogP contribution in [0.15, 0.2) is 0 Å². The Morgan fingerprint density at radius 1 is 0.680 bits per heavy atom. The van der Waals surface area contributed by atoms with Gasteiger partial charge in [-0.2, -0.15) is 0 Å². The molecule has 1 N–H and O–H groups in total. The molecule has 0 spiro atoms. The summed E-state index contributed by atoms with van der Waals surface area (Å²) in [4.78, 5) is -2.06. The Balaban J connectivity index is 0. The number of hydrogen-bond donors (Lipinski definition) is 1. The first-order valence-corrected chi connectivity index (χ1v) is 11.5. The fourth-order valence-corrected chi connectivity index (χ4v) is 3.88. The number of rotatable bonds is 17. The van der Waals surface area contributed by atoms with Gasteiger partial charge in [0.15, 0.2) is 4.93 Å². The van der Waals surface area contributed by atoms with E-state index in [0.717, 1.165) is 44.9 Å². The van der Waals surface area contributed by atoms with Crippen molar-refractivity contribution in [2.75, 3.05) is 0 Å². The van der Waals surface area contributed by atoms with Gasteiger partial charge in [0, 0.05) is 0 Å². The van der Waals surface area contributed by atoms with Gasteiger partial charge in [-0.15, -0.1) is 0 Å². The molecule has 0 amide bonds. The van der Waals surface area contributed by atoms with Crippen molar-refractivity contribution < 1.29 is 47.6 Å². The van der Waals surface area contributed by atoms with Crippen molar-refractivity contribution in [2.45, 2.75) is 122 Å². The van der Waals surface area contributed by atoms with Gasteiger partial charge in [-0.25, -0.2) is 8.42 Å². The van der Waals surface area contributed by atoms with Crippen LogP contribution < -0.4 is 29.6 Å². The van der Waals surface area contributed by atoms with Gasteiger partial charge in [0.25, 0.3) is 0 Å². The van der Waals surface area contributed by atoms with E-state index in [2.05, 4.69) is 13.8 Å². The Bertz CT molecular complexity index is 387. The van der Waals surface area contributed by atoms with E-state index in [1.807, 2.05) is 0 Å². The normalized spacial score (nSPS) is 14.1. The zero-order chi connectivity index (χ0) is 18.3. The molecule has 0 fully saturated rings. The molecule has 0 bridgehead atoms. The van der Waals surface area contributed by atoms with Gasteiger partial charge in [0.05, 0.1) is 0 Å². The first-order valence-electron chi connectivity index (χ1n) is 10.0. The molecule has 0 aliphatic rings. The molecule has 0 heterocycles. The summed E-state index contributed by atoms with van der Waals surface area (Å²) in [6.45, 7) is 4.32. The van der Waals surface area contributed by atoms with Gasteiger partial charge < -0.3 is 9.66 Å². The van der Waals surface area contributed by atoms with E-state index in [1.165, 1.54) is 32.1 Å². The molecule has 0 aromatic carbocycles. The van der Waals surface area contributed by atoms with Gasteiger partial charge in [0.2, 0.25) is 0 Å². The van der Waals surface area contributed by atoms with Gasteiger partial charge in [0.1, 0.15) is 10.1 Å². The van der Waals surface area contributed by atoms with Crippen LogP contribution in [0.4, 0.5) is 0 Å². The van der Waals surface area contributed by atoms with Crippen LogP contribution >= 0.6 is 0 Å². The van der Waals surface area contributed by atoms with E-state index >= 15 is 0 Å². The Morgan fingerprint density at radius 2 is 0.960 bits per heavy atom. The first kappa shape index (κ1) is 28.1. The van der Waals surface area contributed by atoms with Crippen molar-refractivity contribution in [1.82, 2.24) is 0 Å². The SMILES string of the molecule is CCCCCCCCCCCC(O)(CCCCCCC)S(=O)(=O)[O-].[Na+]. The quantitative estimate of drug-likeness (QED) is 0.237. The molecule has 0 aliphatic carbocycles. The largest absolute Gasteiger partial charge is 1.00 e. The van der Waals surface area contributed by atoms with Gasteiger partial charge in [-0.05, 0) is 25.7 Å². The van der Waals surface area contributed by atoms with Crippen LogP contribution in [-0.2, 0) is 10.1 Å². The topological polar surface area (TPSA) is 77.4 Å². The molecule has 4 nitrogen and oxygen atoms in total. The summed E-state index contributed by atoms with van der Waals surface area (Å²) in [6, 6.07) is 0. The fourth-order valence-electron chi connectivity index (χ4n) is 3.09. The van der Waals surface area contributed by atoms with Crippen LogP contribution in [0.1, 0.15) is 117 Å². The van der Waals surface area contributed by atoms with Gasteiger partial charge >= 0.3 is 29.6 Å². The molecule has 146 valence electrons. The standard InChI is InChI=1S/C19H40O4S.Na/c1-3-5-7-9-10-11-12-14-16-18-19(20,24(21,22)23)17-15-13-8-6-4-2;/h20H,3-18H2,1-2H3,(H,21,22,23);/q;+1/p-1. The summed E-state index contributed by atoms with van der Waals surface area (Å²) in [7, 11) is -4.66. The van der Waals surface area contributed by atoms with Crippen LogP contribution in [0.5, 0.6) is 0 Å². The number of aliphatic hydroxyl groups is 1. The average molecular weight is 387 g/mol. The van der Waals surface area contributed by atoms with E-state index in [1.54, 1.807) is 0 Å². The molecule has 0 aromatic heterocycles. The minimum absolute atomic E-state index is 0. The third-order valence-corrected chi connectivity index (χ3v) is 6.15. The van der Waals surface area contributed by atoms with Crippen molar-refractivity contribution in [3.63, 3.8) is 0 Å². The molecule has 25 heavy (non-hydrogen) atoms. The van der Waals surface area contributed by atoms with Crippen LogP contribution in [0.3, 0.4) is 0 Å². The van der Waals surface area contributed by atoms with Crippen molar-refractivity contribution in [3.05, 3.63) is 0 Å². The Labute approximate surface area is 178 Å². The van der Waals surface area contributed by atoms with E-state index in [-0.39, 0.29) is 42.4 Å². The molecule has 0 saturated heterocycles. The van der Waals surface area contributed by atoms with Gasteiger partial charge in [-0.1, -0.05) is 90.9 Å². The molecule has 6 heteroatoms. The van der Waals surface area contributed by atoms with Crippen molar-refractivity contribution in [1.29, 1.82) is 0 Å². The summed E-state index contributed by atoms with van der Waals surface area (Å²) in [5.41, 5.74) is 0. The monoisotopic (exact) mass is 386 g/mol. The number of hydrogen-bond acceptors (Lipinski definition) is 4. The van der Waals surface area contributed by atoms with Crippen LogP contribution in [0.25, 0.3) is 0 Å². The second kappa shape index (κ2) is 17.0. The molecule has 0 rings (SSSR count). The smallest absolute Gasteiger partial charge is 0.746 e. The molecule has 0 saturated carbocycles. The Hall–Kier alpha value is 0.870. The van der Waals surface area contributed by atoms with E-state index < -0.39 is 15.1 Å². The summed E-state index contributed by atoms with van der Waals surface area (Å²) >= 11 is 0. The summed E-state index contributed by atoms with van der Waals surface area (Å²) in [5.74, 6) is 0. The molecule has 0 radical (unpaired) electrons. The molecule has 1 atom stereocenters. The Morgan fingerprint density at radius 3 is 1.24 bits per heavy atom. The van der Waals surface area contributed by atoms with E-state index in [0.29, 0.717) is 12.8 Å².